The van der Waals surface area contributed by atoms with Crippen molar-refractivity contribution in [2.75, 3.05) is 25.6 Å². The van der Waals surface area contributed by atoms with Crippen molar-refractivity contribution >= 4 is 17.5 Å². The van der Waals surface area contributed by atoms with Crippen LogP contribution in [0.2, 0.25) is 0 Å². The molecule has 0 aliphatic rings. The van der Waals surface area contributed by atoms with E-state index in [-0.39, 0.29) is 17.4 Å². The lowest BCUT2D eigenvalue weighted by molar-refractivity contribution is 0.0919. The van der Waals surface area contributed by atoms with Crippen molar-refractivity contribution in [2.45, 2.75) is 26.3 Å². The van der Waals surface area contributed by atoms with E-state index in [0.717, 1.165) is 0 Å². The second kappa shape index (κ2) is 9.19. The van der Waals surface area contributed by atoms with Gasteiger partial charge in [-0.05, 0) is 69.3 Å². The number of hydrogen-bond donors (Lipinski definition) is 2. The van der Waals surface area contributed by atoms with Gasteiger partial charge in [-0.3, -0.25) is 9.59 Å². The first kappa shape index (κ1) is 20.5. The topological polar surface area (TPSA) is 76.7 Å². The maximum absolute atomic E-state index is 12.3. The summed E-state index contributed by atoms with van der Waals surface area (Å²) >= 11 is 0. The fourth-order valence-corrected chi connectivity index (χ4v) is 2.27. The summed E-state index contributed by atoms with van der Waals surface area (Å²) < 4.78 is 10.4. The van der Waals surface area contributed by atoms with Crippen molar-refractivity contribution < 1.29 is 19.1 Å². The molecule has 2 N–H and O–H groups in total. The van der Waals surface area contributed by atoms with E-state index in [1.165, 1.54) is 0 Å². The summed E-state index contributed by atoms with van der Waals surface area (Å²) in [6.07, 6.45) is 0. The minimum Gasteiger partial charge on any atom is -0.491 e. The Bertz CT molecular complexity index is 762. The molecule has 0 bridgehead atoms. The van der Waals surface area contributed by atoms with Gasteiger partial charge in [-0.15, -0.1) is 0 Å². The zero-order chi connectivity index (χ0) is 19.9. The van der Waals surface area contributed by atoms with Crippen molar-refractivity contribution in [3.05, 3.63) is 59.7 Å². The maximum atomic E-state index is 12.3. The Morgan fingerprint density at radius 1 is 0.852 bits per heavy atom. The van der Waals surface area contributed by atoms with E-state index in [2.05, 4.69) is 10.6 Å². The van der Waals surface area contributed by atoms with Crippen LogP contribution in [0.4, 0.5) is 5.69 Å². The van der Waals surface area contributed by atoms with Crippen molar-refractivity contribution in [2.24, 2.45) is 0 Å². The average Bonchev–Trinajstić information content (AvgIpc) is 2.61. The van der Waals surface area contributed by atoms with Crippen molar-refractivity contribution in [3.63, 3.8) is 0 Å². The third-order valence-electron chi connectivity index (χ3n) is 3.57. The number of ether oxygens (including phenoxy) is 2. The number of benzene rings is 2. The maximum Gasteiger partial charge on any atom is 0.255 e. The predicted octanol–water partition coefficient (Wildman–Crippen LogP) is 3.49. The highest BCUT2D eigenvalue weighted by Crippen LogP contribution is 2.15. The van der Waals surface area contributed by atoms with Crippen LogP contribution in [-0.2, 0) is 4.74 Å². The summed E-state index contributed by atoms with van der Waals surface area (Å²) in [7, 11) is 1.61. The van der Waals surface area contributed by atoms with Gasteiger partial charge in [0.2, 0.25) is 0 Å². The number of carbonyl (C=O) groups is 2. The molecular weight excluding hydrogens is 344 g/mol. The third-order valence-corrected chi connectivity index (χ3v) is 3.57. The first-order valence-electron chi connectivity index (χ1n) is 8.74. The molecule has 27 heavy (non-hydrogen) atoms. The number of carbonyl (C=O) groups excluding carboxylic acids is 2. The second-order valence-corrected chi connectivity index (χ2v) is 7.10. The average molecular weight is 370 g/mol. The Morgan fingerprint density at radius 3 is 1.96 bits per heavy atom. The lowest BCUT2D eigenvalue weighted by atomic mass is 10.1. The van der Waals surface area contributed by atoms with Crippen LogP contribution in [0.3, 0.4) is 0 Å². The van der Waals surface area contributed by atoms with Gasteiger partial charge in [0.25, 0.3) is 11.8 Å². The smallest absolute Gasteiger partial charge is 0.255 e. The number of methoxy groups -OCH3 is 1. The summed E-state index contributed by atoms with van der Waals surface area (Å²) in [5.41, 5.74) is 1.38. The normalized spacial score (nSPS) is 11.0. The van der Waals surface area contributed by atoms with E-state index in [0.29, 0.717) is 35.8 Å². The summed E-state index contributed by atoms with van der Waals surface area (Å²) in [5.74, 6) is 0.299. The van der Waals surface area contributed by atoms with Gasteiger partial charge in [0, 0.05) is 29.5 Å². The number of hydrogen-bond acceptors (Lipinski definition) is 4. The van der Waals surface area contributed by atoms with E-state index in [4.69, 9.17) is 9.47 Å². The van der Waals surface area contributed by atoms with Crippen molar-refractivity contribution in [3.8, 4) is 5.75 Å². The van der Waals surface area contributed by atoms with Gasteiger partial charge >= 0.3 is 0 Å². The molecule has 0 saturated carbocycles. The SMILES string of the molecule is COCCOc1ccc(C(=O)Nc2ccc(C(=O)NC(C)(C)C)cc2)cc1. The van der Waals surface area contributed by atoms with Gasteiger partial charge in [-0.25, -0.2) is 0 Å². The fourth-order valence-electron chi connectivity index (χ4n) is 2.27. The Kier molecular flexibility index (Phi) is 6.96. The quantitative estimate of drug-likeness (QED) is 0.732. The van der Waals surface area contributed by atoms with Gasteiger partial charge in [-0.2, -0.15) is 0 Å². The molecule has 0 fully saturated rings. The summed E-state index contributed by atoms with van der Waals surface area (Å²) in [6.45, 7) is 6.73. The van der Waals surface area contributed by atoms with Crippen LogP contribution in [0.15, 0.2) is 48.5 Å². The molecule has 0 unspecified atom stereocenters. The van der Waals surface area contributed by atoms with Crippen molar-refractivity contribution in [1.82, 2.24) is 5.32 Å². The zero-order valence-corrected chi connectivity index (χ0v) is 16.2. The number of nitrogens with one attached hydrogen (secondary N) is 2. The van der Waals surface area contributed by atoms with Gasteiger partial charge in [0.15, 0.2) is 0 Å². The molecule has 0 atom stereocenters. The van der Waals surface area contributed by atoms with E-state index >= 15 is 0 Å². The molecule has 2 rings (SSSR count). The van der Waals surface area contributed by atoms with E-state index in [1.807, 2.05) is 20.8 Å². The molecule has 2 amide bonds. The number of anilines is 1. The van der Waals surface area contributed by atoms with E-state index in [9.17, 15) is 9.59 Å². The second-order valence-electron chi connectivity index (χ2n) is 7.10. The van der Waals surface area contributed by atoms with Crippen LogP contribution >= 0.6 is 0 Å². The van der Waals surface area contributed by atoms with E-state index < -0.39 is 0 Å². The van der Waals surface area contributed by atoms with Crippen molar-refractivity contribution in [1.29, 1.82) is 0 Å². The summed E-state index contributed by atoms with van der Waals surface area (Å²) in [5, 5.41) is 5.71. The monoisotopic (exact) mass is 370 g/mol. The fraction of sp³-hybridized carbons (Fsp3) is 0.333. The first-order chi connectivity index (χ1) is 12.8. The standard InChI is InChI=1S/C21H26N2O4/c1-21(2,3)23-20(25)16-5-9-17(10-6-16)22-19(24)15-7-11-18(12-8-15)27-14-13-26-4/h5-12H,13-14H2,1-4H3,(H,22,24)(H,23,25). The molecule has 0 radical (unpaired) electrons. The molecule has 0 aromatic heterocycles. The summed E-state index contributed by atoms with van der Waals surface area (Å²) in [4.78, 5) is 24.5. The molecule has 0 saturated heterocycles. The summed E-state index contributed by atoms with van der Waals surface area (Å²) in [6, 6.07) is 13.7. The Balaban J connectivity index is 1.94. The lowest BCUT2D eigenvalue weighted by Crippen LogP contribution is -2.40. The Hall–Kier alpha value is -2.86. The highest BCUT2D eigenvalue weighted by Gasteiger charge is 2.15. The minimum atomic E-state index is -0.302. The van der Waals surface area contributed by atoms with Gasteiger partial charge < -0.3 is 20.1 Å². The van der Waals surface area contributed by atoms with Crippen LogP contribution in [0.5, 0.6) is 5.75 Å². The molecule has 2 aromatic rings. The van der Waals surface area contributed by atoms with Crippen LogP contribution in [0.25, 0.3) is 0 Å². The lowest BCUT2D eigenvalue weighted by Gasteiger charge is -2.20. The van der Waals surface area contributed by atoms with E-state index in [1.54, 1.807) is 55.6 Å². The van der Waals surface area contributed by atoms with Gasteiger partial charge in [0.1, 0.15) is 12.4 Å². The Labute approximate surface area is 159 Å². The largest absolute Gasteiger partial charge is 0.491 e. The third kappa shape index (κ3) is 6.75. The highest BCUT2D eigenvalue weighted by atomic mass is 16.5. The van der Waals surface area contributed by atoms with Crippen LogP contribution in [0.1, 0.15) is 41.5 Å². The molecule has 6 heteroatoms. The number of amides is 2. The van der Waals surface area contributed by atoms with Gasteiger partial charge in [-0.1, -0.05) is 0 Å². The zero-order valence-electron chi connectivity index (χ0n) is 16.2. The molecule has 6 nitrogen and oxygen atoms in total. The molecular formula is C21H26N2O4. The molecule has 0 aliphatic heterocycles. The van der Waals surface area contributed by atoms with Gasteiger partial charge in [0.05, 0.1) is 6.61 Å². The van der Waals surface area contributed by atoms with Crippen LogP contribution in [0, 0.1) is 0 Å². The van der Waals surface area contributed by atoms with Crippen LogP contribution < -0.4 is 15.4 Å². The van der Waals surface area contributed by atoms with Crippen LogP contribution in [-0.4, -0.2) is 37.7 Å². The first-order valence-corrected chi connectivity index (χ1v) is 8.74. The Morgan fingerprint density at radius 2 is 1.41 bits per heavy atom. The number of rotatable bonds is 7. The predicted molar refractivity (Wildman–Crippen MR) is 105 cm³/mol. The minimum absolute atomic E-state index is 0.149. The molecule has 0 spiro atoms. The molecule has 0 heterocycles. The highest BCUT2D eigenvalue weighted by molar-refractivity contribution is 6.04. The molecule has 2 aromatic carbocycles. The molecule has 0 aliphatic carbocycles. The molecule has 144 valence electrons.